The SMILES string of the molecule is Cc1cc(Nc2ncn(-c3ccc(F)c(C)c3)n2)cc(N2CCN(C3COC3)CC2)c1. The lowest BCUT2D eigenvalue weighted by Crippen LogP contribution is -2.56. The van der Waals surface area contributed by atoms with Crippen LogP contribution in [0.4, 0.5) is 21.7 Å². The highest BCUT2D eigenvalue weighted by Gasteiger charge is 2.29. The average Bonchev–Trinajstić information content (AvgIpc) is 3.17. The van der Waals surface area contributed by atoms with Crippen molar-refractivity contribution in [1.82, 2.24) is 19.7 Å². The highest BCUT2D eigenvalue weighted by molar-refractivity contribution is 5.64. The molecule has 0 atom stereocenters. The number of nitrogens with zero attached hydrogens (tertiary/aromatic N) is 5. The fraction of sp³-hybridized carbons (Fsp3) is 0.391. The molecule has 3 aromatic rings. The van der Waals surface area contributed by atoms with Crippen molar-refractivity contribution in [1.29, 1.82) is 0 Å². The number of hydrogen-bond donors (Lipinski definition) is 1. The molecule has 162 valence electrons. The summed E-state index contributed by atoms with van der Waals surface area (Å²) in [4.78, 5) is 9.33. The van der Waals surface area contributed by atoms with E-state index in [2.05, 4.69) is 50.3 Å². The Balaban J connectivity index is 1.28. The van der Waals surface area contributed by atoms with Crippen LogP contribution in [0.5, 0.6) is 0 Å². The van der Waals surface area contributed by atoms with Gasteiger partial charge in [0.05, 0.1) is 24.9 Å². The summed E-state index contributed by atoms with van der Waals surface area (Å²) in [5.74, 6) is 0.282. The van der Waals surface area contributed by atoms with Crippen molar-refractivity contribution >= 4 is 17.3 Å². The molecule has 0 radical (unpaired) electrons. The van der Waals surface area contributed by atoms with E-state index in [9.17, 15) is 4.39 Å². The van der Waals surface area contributed by atoms with E-state index in [1.54, 1.807) is 30.1 Å². The van der Waals surface area contributed by atoms with E-state index in [0.29, 0.717) is 17.6 Å². The van der Waals surface area contributed by atoms with Crippen LogP contribution in [-0.2, 0) is 4.74 Å². The Bertz CT molecular complexity index is 1070. The quantitative estimate of drug-likeness (QED) is 0.681. The second-order valence-electron chi connectivity index (χ2n) is 8.34. The first kappa shape index (κ1) is 20.0. The molecule has 3 heterocycles. The molecule has 2 aliphatic heterocycles. The van der Waals surface area contributed by atoms with Crippen LogP contribution in [-0.4, -0.2) is 65.1 Å². The van der Waals surface area contributed by atoms with Gasteiger partial charge in [-0.15, -0.1) is 5.10 Å². The molecule has 31 heavy (non-hydrogen) atoms. The first-order valence-electron chi connectivity index (χ1n) is 10.7. The third-order valence-corrected chi connectivity index (χ3v) is 6.03. The summed E-state index contributed by atoms with van der Waals surface area (Å²) in [5.41, 5.74) is 4.71. The zero-order valence-corrected chi connectivity index (χ0v) is 17.9. The lowest BCUT2D eigenvalue weighted by Gasteiger charge is -2.43. The van der Waals surface area contributed by atoms with Gasteiger partial charge in [0.2, 0.25) is 5.95 Å². The Morgan fingerprint density at radius 1 is 1.00 bits per heavy atom. The highest BCUT2D eigenvalue weighted by Crippen LogP contribution is 2.26. The number of nitrogens with one attached hydrogen (secondary N) is 1. The van der Waals surface area contributed by atoms with Crippen molar-refractivity contribution in [3.63, 3.8) is 0 Å². The number of aryl methyl sites for hydroxylation is 2. The lowest BCUT2D eigenvalue weighted by atomic mass is 10.1. The number of benzene rings is 2. The molecule has 2 fully saturated rings. The molecule has 2 aliphatic rings. The first-order valence-corrected chi connectivity index (χ1v) is 10.7. The normalized spacial score (nSPS) is 17.6. The van der Waals surface area contributed by atoms with E-state index >= 15 is 0 Å². The molecule has 0 spiro atoms. The number of hydrogen-bond acceptors (Lipinski definition) is 6. The van der Waals surface area contributed by atoms with E-state index in [1.807, 2.05) is 0 Å². The third kappa shape index (κ3) is 4.26. The van der Waals surface area contributed by atoms with Gasteiger partial charge in [-0.1, -0.05) is 0 Å². The van der Waals surface area contributed by atoms with Gasteiger partial charge >= 0.3 is 0 Å². The zero-order valence-electron chi connectivity index (χ0n) is 17.9. The largest absolute Gasteiger partial charge is 0.378 e. The topological polar surface area (TPSA) is 58.5 Å². The lowest BCUT2D eigenvalue weighted by molar-refractivity contribution is -0.0660. The number of rotatable bonds is 5. The summed E-state index contributed by atoms with van der Waals surface area (Å²) >= 11 is 0. The number of halogens is 1. The van der Waals surface area contributed by atoms with E-state index in [0.717, 1.165) is 50.8 Å². The van der Waals surface area contributed by atoms with Crippen molar-refractivity contribution in [2.24, 2.45) is 0 Å². The summed E-state index contributed by atoms with van der Waals surface area (Å²) in [6.45, 7) is 9.73. The van der Waals surface area contributed by atoms with Gasteiger partial charge < -0.3 is 15.0 Å². The summed E-state index contributed by atoms with van der Waals surface area (Å²) in [6, 6.07) is 12.0. The smallest absolute Gasteiger partial charge is 0.246 e. The number of piperazine rings is 1. The van der Waals surface area contributed by atoms with Gasteiger partial charge in [0.25, 0.3) is 0 Å². The van der Waals surface area contributed by atoms with Gasteiger partial charge in [-0.05, 0) is 61.4 Å². The summed E-state index contributed by atoms with van der Waals surface area (Å²) in [5, 5.41) is 7.82. The zero-order chi connectivity index (χ0) is 21.4. The minimum absolute atomic E-state index is 0.226. The van der Waals surface area contributed by atoms with E-state index in [-0.39, 0.29) is 5.82 Å². The van der Waals surface area contributed by atoms with Crippen molar-refractivity contribution in [3.8, 4) is 5.69 Å². The van der Waals surface area contributed by atoms with Gasteiger partial charge in [0, 0.05) is 37.6 Å². The van der Waals surface area contributed by atoms with Crippen molar-refractivity contribution < 1.29 is 9.13 Å². The Kier molecular flexibility index (Phi) is 5.33. The molecular formula is C23H27FN6O. The summed E-state index contributed by atoms with van der Waals surface area (Å²) in [6.07, 6.45) is 1.63. The van der Waals surface area contributed by atoms with Crippen LogP contribution in [0.3, 0.4) is 0 Å². The molecule has 2 aromatic carbocycles. The fourth-order valence-corrected chi connectivity index (χ4v) is 4.14. The van der Waals surface area contributed by atoms with Gasteiger partial charge in [-0.3, -0.25) is 4.90 Å². The van der Waals surface area contributed by atoms with Crippen LogP contribution < -0.4 is 10.2 Å². The third-order valence-electron chi connectivity index (χ3n) is 6.03. The average molecular weight is 423 g/mol. The molecule has 8 heteroatoms. The standard InChI is InChI=1S/C23H27FN6O/c1-16-9-18(12-20(10-16)28-5-7-29(8-6-28)21-13-31-14-21)26-23-25-15-30(27-23)19-3-4-22(24)17(2)11-19/h3-4,9-12,15,21H,5-8,13-14H2,1-2H3,(H,26,27). The Hall–Kier alpha value is -2.97. The Morgan fingerprint density at radius 2 is 1.81 bits per heavy atom. The molecule has 0 aliphatic carbocycles. The molecule has 2 saturated heterocycles. The van der Waals surface area contributed by atoms with Crippen LogP contribution in [0.15, 0.2) is 42.7 Å². The van der Waals surface area contributed by atoms with E-state index < -0.39 is 0 Å². The molecule has 0 saturated carbocycles. The Labute approximate surface area is 181 Å². The number of anilines is 3. The molecule has 0 bridgehead atoms. The van der Waals surface area contributed by atoms with Crippen LogP contribution >= 0.6 is 0 Å². The van der Waals surface area contributed by atoms with Crippen molar-refractivity contribution in [2.45, 2.75) is 19.9 Å². The summed E-state index contributed by atoms with van der Waals surface area (Å²) < 4.78 is 20.5. The maximum Gasteiger partial charge on any atom is 0.246 e. The molecule has 0 amide bonds. The number of ether oxygens (including phenoxy) is 1. The first-order chi connectivity index (χ1) is 15.0. The highest BCUT2D eigenvalue weighted by atomic mass is 19.1. The molecule has 1 aromatic heterocycles. The molecular weight excluding hydrogens is 395 g/mol. The van der Waals surface area contributed by atoms with Gasteiger partial charge in [-0.2, -0.15) is 4.98 Å². The van der Waals surface area contributed by atoms with Gasteiger partial charge in [0.15, 0.2) is 0 Å². The minimum Gasteiger partial charge on any atom is -0.378 e. The minimum atomic E-state index is -0.226. The second-order valence-corrected chi connectivity index (χ2v) is 8.34. The van der Waals surface area contributed by atoms with Gasteiger partial charge in [-0.25, -0.2) is 9.07 Å². The van der Waals surface area contributed by atoms with Crippen molar-refractivity contribution in [2.75, 3.05) is 49.6 Å². The van der Waals surface area contributed by atoms with E-state index in [1.165, 1.54) is 17.3 Å². The van der Waals surface area contributed by atoms with Gasteiger partial charge in [0.1, 0.15) is 12.1 Å². The number of aromatic nitrogens is 3. The van der Waals surface area contributed by atoms with Crippen LogP contribution in [0, 0.1) is 19.7 Å². The van der Waals surface area contributed by atoms with Crippen LogP contribution in [0.2, 0.25) is 0 Å². The summed E-state index contributed by atoms with van der Waals surface area (Å²) in [7, 11) is 0. The monoisotopic (exact) mass is 422 g/mol. The predicted molar refractivity (Wildman–Crippen MR) is 119 cm³/mol. The molecule has 1 N–H and O–H groups in total. The van der Waals surface area contributed by atoms with Crippen LogP contribution in [0.1, 0.15) is 11.1 Å². The molecule has 0 unspecified atom stereocenters. The second kappa shape index (κ2) is 8.28. The maximum atomic E-state index is 13.5. The molecule has 7 nitrogen and oxygen atoms in total. The molecule has 5 rings (SSSR count). The van der Waals surface area contributed by atoms with E-state index in [4.69, 9.17) is 4.74 Å². The Morgan fingerprint density at radius 3 is 2.52 bits per heavy atom. The fourth-order valence-electron chi connectivity index (χ4n) is 4.14. The predicted octanol–water partition coefficient (Wildman–Crippen LogP) is 3.29. The van der Waals surface area contributed by atoms with Crippen molar-refractivity contribution in [3.05, 3.63) is 59.7 Å². The maximum absolute atomic E-state index is 13.5. The van der Waals surface area contributed by atoms with Crippen LogP contribution in [0.25, 0.3) is 5.69 Å².